The monoisotopic (exact) mass is 513 g/mol. The molecule has 2 aliphatic rings. The number of benzene rings is 1. The van der Waals surface area contributed by atoms with Crippen LogP contribution in [-0.4, -0.2) is 76.5 Å². The molecular formula is C27H39N5O5. The van der Waals surface area contributed by atoms with Crippen molar-refractivity contribution in [2.24, 2.45) is 11.8 Å². The van der Waals surface area contributed by atoms with Crippen LogP contribution in [0.2, 0.25) is 0 Å². The number of nitrogens with two attached hydrogens (primary N) is 1. The summed E-state index contributed by atoms with van der Waals surface area (Å²) in [7, 11) is 0. The number of hydrogen-bond acceptors (Lipinski definition) is 6. The molecule has 4 N–H and O–H groups in total. The number of amides is 4. The number of nitrogens with one attached hydrogen (secondary N) is 2. The Bertz CT molecular complexity index is 1040. The molecule has 4 amide bonds. The highest BCUT2D eigenvalue weighted by Crippen LogP contribution is 2.31. The van der Waals surface area contributed by atoms with Gasteiger partial charge in [0.2, 0.25) is 17.7 Å². The zero-order valence-electron chi connectivity index (χ0n) is 22.3. The fourth-order valence-corrected chi connectivity index (χ4v) is 5.27. The molecule has 0 aliphatic carbocycles. The van der Waals surface area contributed by atoms with Crippen LogP contribution in [0.3, 0.4) is 0 Å². The van der Waals surface area contributed by atoms with Gasteiger partial charge in [-0.1, -0.05) is 27.7 Å². The normalized spacial score (nSPS) is 20.7. The number of ketones is 1. The van der Waals surface area contributed by atoms with Gasteiger partial charge >= 0.3 is 0 Å². The standard InChI is InChI=1S/C27H39N5O5/c1-15(2)12-20(29-17(5)33)27(37)32-14-23(34)24-22(32)10-11-31(24)26(36)21(13-16(3)4)30-25(35)18-6-8-19(28)9-7-18/h6-9,15-16,20-22,24H,10-14,28H2,1-5H3,(H,29,33)(H,30,35). The lowest BCUT2D eigenvalue weighted by Crippen LogP contribution is -2.53. The number of Topliss-reactive ketones (excluding diaryl/α,β-unsaturated/α-hetero) is 1. The van der Waals surface area contributed by atoms with Gasteiger partial charge in [0, 0.05) is 24.7 Å². The highest BCUT2D eigenvalue weighted by Gasteiger charge is 2.53. The fraction of sp³-hybridized carbons (Fsp3) is 0.593. The molecule has 1 aromatic carbocycles. The molecule has 0 aromatic heterocycles. The quantitative estimate of drug-likeness (QED) is 0.426. The second-order valence-electron chi connectivity index (χ2n) is 10.9. The Hall–Kier alpha value is -3.43. The molecule has 4 unspecified atom stereocenters. The summed E-state index contributed by atoms with van der Waals surface area (Å²) in [4.78, 5) is 67.8. The first-order chi connectivity index (χ1) is 17.4. The number of fused-ring (bicyclic) bond motifs is 1. The van der Waals surface area contributed by atoms with Crippen molar-refractivity contribution in [3.05, 3.63) is 29.8 Å². The van der Waals surface area contributed by atoms with Crippen molar-refractivity contribution >= 4 is 35.1 Å². The SMILES string of the molecule is CC(=O)NC(CC(C)C)C(=O)N1CC(=O)C2C1CCN2C(=O)C(CC(C)C)NC(=O)c1ccc(N)cc1. The lowest BCUT2D eigenvalue weighted by Gasteiger charge is -2.30. The molecule has 10 heteroatoms. The molecule has 2 fully saturated rings. The van der Waals surface area contributed by atoms with Crippen molar-refractivity contribution in [3.8, 4) is 0 Å². The molecule has 3 rings (SSSR count). The summed E-state index contributed by atoms with van der Waals surface area (Å²) in [6, 6.07) is 3.71. The zero-order valence-corrected chi connectivity index (χ0v) is 22.3. The Morgan fingerprint density at radius 3 is 2.00 bits per heavy atom. The van der Waals surface area contributed by atoms with E-state index in [0.29, 0.717) is 37.1 Å². The first-order valence-electron chi connectivity index (χ1n) is 13.0. The van der Waals surface area contributed by atoms with Crippen LogP contribution >= 0.6 is 0 Å². The van der Waals surface area contributed by atoms with Gasteiger partial charge < -0.3 is 26.2 Å². The summed E-state index contributed by atoms with van der Waals surface area (Å²) in [5.74, 6) is -1.25. The summed E-state index contributed by atoms with van der Waals surface area (Å²) in [6.45, 7) is 9.42. The van der Waals surface area contributed by atoms with E-state index in [2.05, 4.69) is 10.6 Å². The minimum atomic E-state index is -0.811. The number of nitrogen functional groups attached to an aromatic ring is 1. The van der Waals surface area contributed by atoms with Crippen LogP contribution in [0.4, 0.5) is 5.69 Å². The van der Waals surface area contributed by atoms with Gasteiger partial charge in [-0.3, -0.25) is 24.0 Å². The lowest BCUT2D eigenvalue weighted by molar-refractivity contribution is -0.138. The van der Waals surface area contributed by atoms with Crippen LogP contribution in [0, 0.1) is 11.8 Å². The van der Waals surface area contributed by atoms with Crippen molar-refractivity contribution in [2.45, 2.75) is 78.0 Å². The Balaban J connectivity index is 1.77. The minimum absolute atomic E-state index is 0.0984. The number of anilines is 1. The third-order valence-electron chi connectivity index (χ3n) is 6.85. The van der Waals surface area contributed by atoms with Crippen molar-refractivity contribution in [1.82, 2.24) is 20.4 Å². The van der Waals surface area contributed by atoms with Gasteiger partial charge in [-0.25, -0.2) is 0 Å². The summed E-state index contributed by atoms with van der Waals surface area (Å²) < 4.78 is 0. The first-order valence-corrected chi connectivity index (χ1v) is 13.0. The Morgan fingerprint density at radius 2 is 1.46 bits per heavy atom. The van der Waals surface area contributed by atoms with Crippen molar-refractivity contribution in [1.29, 1.82) is 0 Å². The summed E-state index contributed by atoms with van der Waals surface area (Å²) in [6.07, 6.45) is 1.32. The minimum Gasteiger partial charge on any atom is -0.399 e. The molecule has 2 saturated heterocycles. The van der Waals surface area contributed by atoms with E-state index in [-0.39, 0.29) is 41.9 Å². The van der Waals surface area contributed by atoms with Crippen LogP contribution in [0.25, 0.3) is 0 Å². The molecule has 202 valence electrons. The largest absolute Gasteiger partial charge is 0.399 e. The van der Waals surface area contributed by atoms with Gasteiger partial charge in [-0.15, -0.1) is 0 Å². The average Bonchev–Trinajstić information content (AvgIpc) is 3.38. The van der Waals surface area contributed by atoms with Crippen LogP contribution in [0.1, 0.15) is 64.2 Å². The van der Waals surface area contributed by atoms with Crippen LogP contribution < -0.4 is 16.4 Å². The fourth-order valence-electron chi connectivity index (χ4n) is 5.27. The molecule has 10 nitrogen and oxygen atoms in total. The Labute approximate surface area is 218 Å². The Morgan fingerprint density at radius 1 is 0.919 bits per heavy atom. The topological polar surface area (TPSA) is 142 Å². The van der Waals surface area contributed by atoms with Crippen LogP contribution in [0.15, 0.2) is 24.3 Å². The highest BCUT2D eigenvalue weighted by atomic mass is 16.2. The van der Waals surface area contributed by atoms with E-state index in [1.54, 1.807) is 24.3 Å². The Kier molecular flexibility index (Phi) is 8.94. The molecule has 0 spiro atoms. The first kappa shape index (κ1) is 28.1. The number of likely N-dealkylation sites (tertiary alicyclic amines) is 2. The van der Waals surface area contributed by atoms with Gasteiger partial charge in [-0.05, 0) is 55.4 Å². The maximum absolute atomic E-state index is 13.7. The average molecular weight is 514 g/mol. The molecule has 37 heavy (non-hydrogen) atoms. The molecular weight excluding hydrogens is 474 g/mol. The highest BCUT2D eigenvalue weighted by molar-refractivity contribution is 6.01. The third kappa shape index (κ3) is 6.67. The molecule has 1 aromatic rings. The zero-order chi connectivity index (χ0) is 27.4. The van der Waals surface area contributed by atoms with Gasteiger partial charge in [0.1, 0.15) is 18.1 Å². The molecule has 4 atom stereocenters. The van der Waals surface area contributed by atoms with Crippen LogP contribution in [0.5, 0.6) is 0 Å². The predicted molar refractivity (Wildman–Crippen MR) is 139 cm³/mol. The van der Waals surface area contributed by atoms with Gasteiger partial charge in [0.15, 0.2) is 5.78 Å². The van der Waals surface area contributed by atoms with E-state index in [1.165, 1.54) is 16.7 Å². The summed E-state index contributed by atoms with van der Waals surface area (Å²) >= 11 is 0. The second-order valence-corrected chi connectivity index (χ2v) is 10.9. The van der Waals surface area contributed by atoms with Crippen molar-refractivity contribution < 1.29 is 24.0 Å². The molecule has 2 heterocycles. The second kappa shape index (κ2) is 11.7. The predicted octanol–water partition coefficient (Wildman–Crippen LogP) is 1.34. The van der Waals surface area contributed by atoms with Crippen LogP contribution in [-0.2, 0) is 19.2 Å². The third-order valence-corrected chi connectivity index (χ3v) is 6.85. The number of nitrogens with zero attached hydrogens (tertiary/aromatic N) is 2. The van der Waals surface area contributed by atoms with Gasteiger partial charge in [0.25, 0.3) is 5.91 Å². The van der Waals surface area contributed by atoms with E-state index in [9.17, 15) is 24.0 Å². The maximum atomic E-state index is 13.7. The molecule has 2 aliphatic heterocycles. The lowest BCUT2D eigenvalue weighted by atomic mass is 10.0. The van der Waals surface area contributed by atoms with E-state index >= 15 is 0 Å². The number of carbonyl (C=O) groups excluding carboxylic acids is 5. The number of rotatable bonds is 9. The summed E-state index contributed by atoms with van der Waals surface area (Å²) in [5, 5.41) is 5.56. The van der Waals surface area contributed by atoms with E-state index < -0.39 is 30.1 Å². The van der Waals surface area contributed by atoms with E-state index in [1.807, 2.05) is 27.7 Å². The van der Waals surface area contributed by atoms with Crippen molar-refractivity contribution in [2.75, 3.05) is 18.8 Å². The van der Waals surface area contributed by atoms with Gasteiger partial charge in [-0.2, -0.15) is 0 Å². The summed E-state index contributed by atoms with van der Waals surface area (Å²) in [5.41, 5.74) is 6.63. The molecule has 0 saturated carbocycles. The van der Waals surface area contributed by atoms with Crippen molar-refractivity contribution in [3.63, 3.8) is 0 Å². The number of carbonyl (C=O) groups is 5. The van der Waals surface area contributed by atoms with E-state index in [0.717, 1.165) is 0 Å². The smallest absolute Gasteiger partial charge is 0.251 e. The maximum Gasteiger partial charge on any atom is 0.251 e. The molecule has 0 bridgehead atoms. The molecule has 0 radical (unpaired) electrons. The van der Waals surface area contributed by atoms with Gasteiger partial charge in [0.05, 0.1) is 12.6 Å². The number of hydrogen-bond donors (Lipinski definition) is 3. The van der Waals surface area contributed by atoms with E-state index in [4.69, 9.17) is 5.73 Å².